The number of hydrogen-bond donors (Lipinski definition) is 0. The average Bonchev–Trinajstić information content (AvgIpc) is 2.47. The SMILES string of the molecule is O=CN1CCN(CC(=O)[O-])CCN(CC(=O)[O-])CCN1CC(=O)[O-].[Na+].[Na+].[Na+]. The van der Waals surface area contributed by atoms with Crippen molar-refractivity contribution in [3.05, 3.63) is 0 Å². The largest absolute Gasteiger partial charge is 1.00 e. The minimum absolute atomic E-state index is 0. The van der Waals surface area contributed by atoms with E-state index in [-0.39, 0.29) is 141 Å². The molecule has 0 atom stereocenters. The third-order valence-corrected chi connectivity index (χ3v) is 3.55. The van der Waals surface area contributed by atoms with E-state index >= 15 is 0 Å². The number of carboxylic acid groups (broad SMARTS) is 3. The maximum Gasteiger partial charge on any atom is 1.00 e. The van der Waals surface area contributed by atoms with Crippen LogP contribution in [0.25, 0.3) is 0 Å². The Kier molecular flexibility index (Phi) is 21.1. The summed E-state index contributed by atoms with van der Waals surface area (Å²) < 4.78 is 0. The van der Waals surface area contributed by atoms with Crippen molar-refractivity contribution < 1.29 is 123 Å². The maximum atomic E-state index is 11.2. The fourth-order valence-corrected chi connectivity index (χ4v) is 2.40. The van der Waals surface area contributed by atoms with Gasteiger partial charge in [0.2, 0.25) is 6.41 Å². The molecule has 1 heterocycles. The van der Waals surface area contributed by atoms with Crippen molar-refractivity contribution in [2.24, 2.45) is 0 Å². The van der Waals surface area contributed by atoms with E-state index in [9.17, 15) is 34.5 Å². The first-order chi connectivity index (χ1) is 11.3. The Balaban J connectivity index is -0.00000192. The molecule has 27 heavy (non-hydrogen) atoms. The maximum absolute atomic E-state index is 11.2. The van der Waals surface area contributed by atoms with E-state index in [1.54, 1.807) is 0 Å². The summed E-state index contributed by atoms with van der Waals surface area (Å²) in [5.74, 6) is -4.00. The molecule has 0 bridgehead atoms. The number of rotatable bonds is 7. The number of amides is 1. The molecule has 136 valence electrons. The van der Waals surface area contributed by atoms with E-state index in [1.165, 1.54) is 14.8 Å². The Bertz CT molecular complexity index is 487. The van der Waals surface area contributed by atoms with Gasteiger partial charge in [0.15, 0.2) is 0 Å². The predicted molar refractivity (Wildman–Crippen MR) is 72.2 cm³/mol. The van der Waals surface area contributed by atoms with E-state index < -0.39 is 24.5 Å². The number of carboxylic acids is 3. The van der Waals surface area contributed by atoms with Crippen LogP contribution in [0.4, 0.5) is 0 Å². The first-order valence-corrected chi connectivity index (χ1v) is 7.33. The summed E-state index contributed by atoms with van der Waals surface area (Å²) in [6.45, 7) is -0.300. The molecule has 1 fully saturated rings. The van der Waals surface area contributed by atoms with Crippen molar-refractivity contribution in [1.29, 1.82) is 0 Å². The Hall–Kier alpha value is 0.760. The molecular weight excluding hydrogens is 393 g/mol. The molecule has 1 saturated heterocycles. The normalized spacial score (nSPS) is 16.8. The van der Waals surface area contributed by atoms with Crippen molar-refractivity contribution in [3.63, 3.8) is 0 Å². The van der Waals surface area contributed by atoms with Gasteiger partial charge >= 0.3 is 88.7 Å². The van der Waals surface area contributed by atoms with E-state index in [1.807, 2.05) is 0 Å². The van der Waals surface area contributed by atoms with Crippen LogP contribution < -0.4 is 104 Å². The van der Waals surface area contributed by atoms with Gasteiger partial charge in [-0.25, -0.2) is 5.01 Å². The number of aliphatic carboxylic acids is 3. The second-order valence-corrected chi connectivity index (χ2v) is 5.32. The Labute approximate surface area is 223 Å². The predicted octanol–water partition coefficient (Wildman–Crippen LogP) is -15.5. The molecule has 11 nitrogen and oxygen atoms in total. The monoisotopic (exact) mass is 412 g/mol. The molecule has 1 amide bonds. The molecule has 1 rings (SSSR count). The zero-order chi connectivity index (χ0) is 18.1. The van der Waals surface area contributed by atoms with Crippen LogP contribution in [0, 0.1) is 0 Å². The second kappa shape index (κ2) is 17.6. The van der Waals surface area contributed by atoms with Crippen LogP contribution in [0.1, 0.15) is 0 Å². The van der Waals surface area contributed by atoms with Gasteiger partial charge in [-0.3, -0.25) is 19.6 Å². The summed E-state index contributed by atoms with van der Waals surface area (Å²) in [7, 11) is 0. The molecular formula is C13H19N4Na3O7. The van der Waals surface area contributed by atoms with Crippen molar-refractivity contribution >= 4 is 24.3 Å². The quantitative estimate of drug-likeness (QED) is 0.291. The zero-order valence-corrected chi connectivity index (χ0v) is 22.1. The van der Waals surface area contributed by atoms with Crippen LogP contribution in [0.3, 0.4) is 0 Å². The third kappa shape index (κ3) is 14.4. The van der Waals surface area contributed by atoms with E-state index in [0.717, 1.165) is 5.01 Å². The fraction of sp³-hybridized carbons (Fsp3) is 0.692. The van der Waals surface area contributed by atoms with Crippen LogP contribution in [-0.2, 0) is 19.2 Å². The van der Waals surface area contributed by atoms with Crippen LogP contribution >= 0.6 is 0 Å². The smallest absolute Gasteiger partial charge is 0.549 e. The summed E-state index contributed by atoms with van der Waals surface area (Å²) in [6.07, 6.45) is 0.435. The zero-order valence-electron chi connectivity index (χ0n) is 16.1. The fourth-order valence-electron chi connectivity index (χ4n) is 2.40. The summed E-state index contributed by atoms with van der Waals surface area (Å²) in [5, 5.41) is 34.8. The number of nitrogens with zero attached hydrogens (tertiary/aromatic N) is 4. The van der Waals surface area contributed by atoms with Gasteiger partial charge in [-0.05, 0) is 0 Å². The minimum atomic E-state index is -1.39. The van der Waals surface area contributed by atoms with Gasteiger partial charge in [0.1, 0.15) is 0 Å². The van der Waals surface area contributed by atoms with Crippen LogP contribution in [0.15, 0.2) is 0 Å². The van der Waals surface area contributed by atoms with Crippen molar-refractivity contribution in [1.82, 2.24) is 19.8 Å². The van der Waals surface area contributed by atoms with Gasteiger partial charge in [0.05, 0.1) is 31.0 Å². The number of carbonyl (C=O) groups is 4. The molecule has 0 saturated carbocycles. The van der Waals surface area contributed by atoms with E-state index in [0.29, 0.717) is 6.41 Å². The summed E-state index contributed by atoms with van der Waals surface area (Å²) in [5.41, 5.74) is 0. The molecule has 1 aliphatic rings. The van der Waals surface area contributed by atoms with Gasteiger partial charge in [0, 0.05) is 45.8 Å². The first-order valence-electron chi connectivity index (χ1n) is 7.33. The van der Waals surface area contributed by atoms with Crippen LogP contribution in [0.5, 0.6) is 0 Å². The molecule has 0 N–H and O–H groups in total. The van der Waals surface area contributed by atoms with Crippen molar-refractivity contribution in [3.8, 4) is 0 Å². The summed E-state index contributed by atoms with van der Waals surface area (Å²) >= 11 is 0. The summed E-state index contributed by atoms with van der Waals surface area (Å²) in [6, 6.07) is 0. The molecule has 0 aromatic rings. The second-order valence-electron chi connectivity index (χ2n) is 5.32. The molecule has 0 unspecified atom stereocenters. The minimum Gasteiger partial charge on any atom is -0.549 e. The van der Waals surface area contributed by atoms with Crippen LogP contribution in [0.2, 0.25) is 0 Å². The Morgan fingerprint density at radius 1 is 0.667 bits per heavy atom. The van der Waals surface area contributed by atoms with Gasteiger partial charge in [-0.1, -0.05) is 0 Å². The number of carbonyl (C=O) groups excluding carboxylic acids is 4. The van der Waals surface area contributed by atoms with E-state index in [2.05, 4.69) is 0 Å². The first kappa shape index (κ1) is 32.4. The van der Waals surface area contributed by atoms with Gasteiger partial charge < -0.3 is 29.7 Å². The molecule has 0 aliphatic carbocycles. The average molecular weight is 412 g/mol. The topological polar surface area (TPSA) is 150 Å². The van der Waals surface area contributed by atoms with Crippen LogP contribution in [-0.4, -0.2) is 103 Å². The summed E-state index contributed by atoms with van der Waals surface area (Å²) in [4.78, 5) is 46.6. The molecule has 0 aromatic heterocycles. The Morgan fingerprint density at radius 2 is 1.04 bits per heavy atom. The van der Waals surface area contributed by atoms with Gasteiger partial charge in [0.25, 0.3) is 0 Å². The molecule has 14 heteroatoms. The van der Waals surface area contributed by atoms with Gasteiger partial charge in [-0.15, -0.1) is 0 Å². The molecule has 0 aromatic carbocycles. The van der Waals surface area contributed by atoms with Crippen molar-refractivity contribution in [2.75, 3.05) is 58.9 Å². The van der Waals surface area contributed by atoms with Crippen molar-refractivity contribution in [2.45, 2.75) is 0 Å². The van der Waals surface area contributed by atoms with Gasteiger partial charge in [-0.2, -0.15) is 0 Å². The standard InChI is InChI=1S/C13H22N4O7.3Na/c18-10-17-6-4-15(8-12(21)22)2-1-14(7-11(19)20)3-5-16(17)9-13(23)24;;;/h10H,1-9H2,(H,19,20)(H,21,22)(H,23,24);;;/q;3*+1/p-3. The number of hydrogen-bond acceptors (Lipinski definition) is 10. The van der Waals surface area contributed by atoms with E-state index in [4.69, 9.17) is 0 Å². The third-order valence-electron chi connectivity index (χ3n) is 3.55. The number of hydrazine groups is 1. The molecule has 1 aliphatic heterocycles. The molecule has 0 radical (unpaired) electrons. The molecule has 0 spiro atoms. The Morgan fingerprint density at radius 3 is 1.41 bits per heavy atom.